The topological polar surface area (TPSA) is 131 Å². The number of hydrogen-bond donors (Lipinski definition) is 2. The lowest BCUT2D eigenvalue weighted by Crippen LogP contribution is -2.36. The third kappa shape index (κ3) is 5.29. The van der Waals surface area contributed by atoms with Crippen molar-refractivity contribution in [1.29, 1.82) is 0 Å². The fraction of sp³-hybridized carbons (Fsp3) is 0.240. The number of aliphatic carboxylic acids is 1. The summed E-state index contributed by atoms with van der Waals surface area (Å²) in [6.45, 7) is 2.26. The number of ether oxygens (including phenoxy) is 2. The molecule has 0 amide bonds. The molecule has 0 saturated carbocycles. The van der Waals surface area contributed by atoms with E-state index in [4.69, 9.17) is 26.2 Å². The Balaban J connectivity index is 1.48. The van der Waals surface area contributed by atoms with Crippen LogP contribution in [0.15, 0.2) is 48.8 Å². The van der Waals surface area contributed by atoms with Crippen LogP contribution in [0.1, 0.15) is 17.4 Å². The van der Waals surface area contributed by atoms with Crippen molar-refractivity contribution in [2.75, 3.05) is 37.8 Å². The number of nitrogens with zero attached hydrogens (tertiary/aromatic N) is 5. The number of aliphatic hydroxyl groups excluding tert-OH is 1. The van der Waals surface area contributed by atoms with Gasteiger partial charge in [0.15, 0.2) is 6.61 Å². The van der Waals surface area contributed by atoms with Crippen LogP contribution in [-0.2, 0) is 9.53 Å². The summed E-state index contributed by atoms with van der Waals surface area (Å²) in [4.78, 5) is 21.5. The van der Waals surface area contributed by atoms with Gasteiger partial charge < -0.3 is 24.6 Å². The number of aromatic nitrogens is 4. The number of carboxylic acid groups (broad SMARTS) is 1. The van der Waals surface area contributed by atoms with Gasteiger partial charge in [-0.1, -0.05) is 11.6 Å². The second kappa shape index (κ2) is 10.6. The van der Waals surface area contributed by atoms with Gasteiger partial charge in [0.05, 0.1) is 30.1 Å². The molecular weight excluding hydrogens is 505 g/mol. The Hall–Kier alpha value is -3.93. The molecule has 5 rings (SSSR count). The molecule has 1 unspecified atom stereocenters. The fourth-order valence-electron chi connectivity index (χ4n) is 4.08. The molecule has 37 heavy (non-hydrogen) atoms. The van der Waals surface area contributed by atoms with Crippen LogP contribution >= 0.6 is 11.6 Å². The molecule has 2 aromatic heterocycles. The monoisotopic (exact) mass is 525 g/mol. The number of anilines is 1. The van der Waals surface area contributed by atoms with Crippen LogP contribution in [0.3, 0.4) is 0 Å². The van der Waals surface area contributed by atoms with E-state index in [0.29, 0.717) is 29.8 Å². The molecule has 190 valence electrons. The van der Waals surface area contributed by atoms with Crippen molar-refractivity contribution in [2.24, 2.45) is 0 Å². The summed E-state index contributed by atoms with van der Waals surface area (Å²) in [5.41, 5.74) is 2.44. The summed E-state index contributed by atoms with van der Waals surface area (Å²) in [5, 5.41) is 27.9. The quantitative estimate of drug-likeness (QED) is 0.370. The largest absolute Gasteiger partial charge is 0.479 e. The van der Waals surface area contributed by atoms with Gasteiger partial charge in [0.1, 0.15) is 18.2 Å². The molecule has 0 spiro atoms. The lowest BCUT2D eigenvalue weighted by atomic mass is 9.99. The number of halogens is 2. The second-order valence-corrected chi connectivity index (χ2v) is 8.67. The highest BCUT2D eigenvalue weighted by Crippen LogP contribution is 2.36. The van der Waals surface area contributed by atoms with Gasteiger partial charge in [-0.3, -0.25) is 0 Å². The predicted octanol–water partition coefficient (Wildman–Crippen LogP) is 3.26. The van der Waals surface area contributed by atoms with Crippen molar-refractivity contribution >= 4 is 34.2 Å². The van der Waals surface area contributed by atoms with E-state index in [1.165, 1.54) is 24.5 Å². The van der Waals surface area contributed by atoms with Crippen molar-refractivity contribution in [3.63, 3.8) is 0 Å². The number of morpholine rings is 1. The molecule has 0 aliphatic carbocycles. The molecule has 4 aromatic rings. The van der Waals surface area contributed by atoms with Gasteiger partial charge in [-0.15, -0.1) is 10.2 Å². The third-order valence-corrected chi connectivity index (χ3v) is 6.24. The van der Waals surface area contributed by atoms with Gasteiger partial charge in [0, 0.05) is 46.4 Å². The Morgan fingerprint density at radius 1 is 1.14 bits per heavy atom. The maximum Gasteiger partial charge on any atom is 0.341 e. The van der Waals surface area contributed by atoms with Crippen LogP contribution in [0.25, 0.3) is 22.2 Å². The van der Waals surface area contributed by atoms with Crippen LogP contribution in [0.4, 0.5) is 10.1 Å². The molecule has 1 fully saturated rings. The van der Waals surface area contributed by atoms with E-state index < -0.39 is 24.5 Å². The number of aliphatic hydroxyl groups is 1. The first-order valence-electron chi connectivity index (χ1n) is 11.3. The van der Waals surface area contributed by atoms with E-state index in [9.17, 15) is 9.90 Å². The zero-order valence-corrected chi connectivity index (χ0v) is 20.1. The Bertz CT molecular complexity index is 1450. The number of carbonyl (C=O) groups is 1. The minimum atomic E-state index is -1.34. The van der Waals surface area contributed by atoms with E-state index >= 15 is 4.39 Å². The molecule has 0 bridgehead atoms. The highest BCUT2D eigenvalue weighted by Gasteiger charge is 2.22. The number of hydrogen-bond acceptors (Lipinski definition) is 9. The third-order valence-electron chi connectivity index (χ3n) is 5.92. The number of benzene rings is 2. The summed E-state index contributed by atoms with van der Waals surface area (Å²) in [7, 11) is 0. The molecule has 1 aliphatic heterocycles. The first-order valence-corrected chi connectivity index (χ1v) is 11.7. The summed E-state index contributed by atoms with van der Waals surface area (Å²) in [5.74, 6) is -1.79. The molecule has 12 heteroatoms. The van der Waals surface area contributed by atoms with E-state index in [1.807, 2.05) is 18.2 Å². The maximum atomic E-state index is 15.1. The summed E-state index contributed by atoms with van der Waals surface area (Å²) in [6.07, 6.45) is 0.0283. The van der Waals surface area contributed by atoms with Crippen LogP contribution in [0.2, 0.25) is 5.02 Å². The van der Waals surface area contributed by atoms with Crippen molar-refractivity contribution in [1.82, 2.24) is 20.2 Å². The Kier molecular flexibility index (Phi) is 7.08. The zero-order valence-electron chi connectivity index (χ0n) is 19.3. The fourth-order valence-corrected chi connectivity index (χ4v) is 4.34. The van der Waals surface area contributed by atoms with Crippen LogP contribution < -0.4 is 9.64 Å². The van der Waals surface area contributed by atoms with E-state index in [-0.39, 0.29) is 27.7 Å². The summed E-state index contributed by atoms with van der Waals surface area (Å²) < 4.78 is 25.5. The Morgan fingerprint density at radius 2 is 1.95 bits per heavy atom. The molecule has 2 aromatic carbocycles. The lowest BCUT2D eigenvalue weighted by Gasteiger charge is -2.29. The van der Waals surface area contributed by atoms with Crippen molar-refractivity contribution < 1.29 is 28.9 Å². The molecule has 0 radical (unpaired) electrons. The standard InChI is InChI=1S/C25H21ClFN5O5/c26-18-11-19(27)17(10-16(18)25(35)20-3-4-22(31-30-20)37-12-23(33)34)24-15-2-1-14(9-21(15)28-13-29-24)32-5-7-36-8-6-32/h1-4,9-11,13,25,35H,5-8,12H2,(H,33,34). The van der Waals surface area contributed by atoms with Gasteiger partial charge in [-0.25, -0.2) is 19.2 Å². The Morgan fingerprint density at radius 3 is 2.68 bits per heavy atom. The van der Waals surface area contributed by atoms with Gasteiger partial charge in [0.25, 0.3) is 0 Å². The summed E-state index contributed by atoms with van der Waals surface area (Å²) in [6, 6.07) is 11.0. The summed E-state index contributed by atoms with van der Waals surface area (Å²) >= 11 is 6.29. The van der Waals surface area contributed by atoms with Crippen LogP contribution in [0.5, 0.6) is 5.88 Å². The first kappa shape index (κ1) is 24.8. The number of rotatable bonds is 7. The van der Waals surface area contributed by atoms with E-state index in [1.54, 1.807) is 0 Å². The SMILES string of the molecule is O=C(O)COc1ccc(C(O)c2cc(-c3ncnc4cc(N5CCOCC5)ccc34)c(F)cc2Cl)nn1. The molecule has 10 nitrogen and oxygen atoms in total. The minimum absolute atomic E-state index is 0.00489. The molecule has 1 atom stereocenters. The molecule has 2 N–H and O–H groups in total. The smallest absolute Gasteiger partial charge is 0.341 e. The zero-order chi connectivity index (χ0) is 25.9. The van der Waals surface area contributed by atoms with Crippen molar-refractivity contribution in [3.8, 4) is 17.1 Å². The number of carboxylic acids is 1. The molecule has 1 aliphatic rings. The van der Waals surface area contributed by atoms with Crippen molar-refractivity contribution in [2.45, 2.75) is 6.10 Å². The van der Waals surface area contributed by atoms with Gasteiger partial charge in [-0.05, 0) is 36.4 Å². The average Bonchev–Trinajstić information content (AvgIpc) is 2.92. The first-order chi connectivity index (χ1) is 17.9. The van der Waals surface area contributed by atoms with E-state index in [0.717, 1.165) is 24.8 Å². The number of fused-ring (bicyclic) bond motifs is 1. The minimum Gasteiger partial charge on any atom is -0.479 e. The second-order valence-electron chi connectivity index (χ2n) is 8.26. The van der Waals surface area contributed by atoms with Crippen LogP contribution in [-0.4, -0.2) is 69.3 Å². The Labute approximate surface area is 215 Å². The van der Waals surface area contributed by atoms with E-state index in [2.05, 4.69) is 25.1 Å². The molecule has 1 saturated heterocycles. The highest BCUT2D eigenvalue weighted by atomic mass is 35.5. The van der Waals surface area contributed by atoms with Gasteiger partial charge in [-0.2, -0.15) is 0 Å². The predicted molar refractivity (Wildman–Crippen MR) is 132 cm³/mol. The van der Waals surface area contributed by atoms with Crippen LogP contribution in [0, 0.1) is 5.82 Å². The van der Waals surface area contributed by atoms with Gasteiger partial charge >= 0.3 is 5.97 Å². The van der Waals surface area contributed by atoms with Gasteiger partial charge in [0.2, 0.25) is 5.88 Å². The highest BCUT2D eigenvalue weighted by molar-refractivity contribution is 6.31. The molecular formula is C25H21ClFN5O5. The molecule has 3 heterocycles. The lowest BCUT2D eigenvalue weighted by molar-refractivity contribution is -0.139. The average molecular weight is 526 g/mol. The van der Waals surface area contributed by atoms with Crippen molar-refractivity contribution in [3.05, 3.63) is 70.9 Å². The maximum absolute atomic E-state index is 15.1. The normalized spacial score (nSPS) is 14.5.